The average Bonchev–Trinajstić information content (AvgIpc) is 3.35. The molecule has 1 saturated heterocycles. The van der Waals surface area contributed by atoms with E-state index in [4.69, 9.17) is 0 Å². The first-order valence-electron chi connectivity index (χ1n) is 13.6. The highest BCUT2D eigenvalue weighted by atomic mass is 32.2. The van der Waals surface area contributed by atoms with Gasteiger partial charge in [-0.3, -0.25) is 0 Å². The molecule has 3 aromatic heterocycles. The van der Waals surface area contributed by atoms with Crippen LogP contribution in [0.15, 0.2) is 72.0 Å². The molecule has 0 spiro atoms. The van der Waals surface area contributed by atoms with Gasteiger partial charge < -0.3 is 10.0 Å². The molecule has 0 saturated carbocycles. The van der Waals surface area contributed by atoms with E-state index in [0.717, 1.165) is 5.56 Å². The van der Waals surface area contributed by atoms with Gasteiger partial charge in [-0.05, 0) is 30.2 Å². The van der Waals surface area contributed by atoms with Crippen LogP contribution in [0, 0.1) is 11.6 Å². The largest absolute Gasteiger partial charge is 0.503 e. The van der Waals surface area contributed by atoms with Crippen LogP contribution in [0.3, 0.4) is 0 Å². The van der Waals surface area contributed by atoms with Crippen LogP contribution in [0.1, 0.15) is 11.1 Å². The van der Waals surface area contributed by atoms with Crippen LogP contribution >= 0.6 is 0 Å². The summed E-state index contributed by atoms with van der Waals surface area (Å²) in [5, 5.41) is 13.9. The molecule has 234 valence electrons. The highest BCUT2D eigenvalue weighted by Gasteiger charge is 2.39. The van der Waals surface area contributed by atoms with Crippen molar-refractivity contribution in [1.82, 2.24) is 29.0 Å². The molecule has 0 bridgehead atoms. The molecule has 0 unspecified atom stereocenters. The Kier molecular flexibility index (Phi) is 7.64. The number of halogens is 5. The summed E-state index contributed by atoms with van der Waals surface area (Å²) in [5.74, 6) is -5.33. The number of fused-ring (bicyclic) bond motifs is 1. The van der Waals surface area contributed by atoms with E-state index in [2.05, 4.69) is 20.1 Å². The van der Waals surface area contributed by atoms with Gasteiger partial charge >= 0.3 is 6.18 Å². The minimum atomic E-state index is -5.21. The maximum Gasteiger partial charge on any atom is 0.419 e. The van der Waals surface area contributed by atoms with Crippen LogP contribution in [0.25, 0.3) is 22.3 Å². The third-order valence-corrected chi connectivity index (χ3v) is 9.35. The lowest BCUT2D eigenvalue weighted by molar-refractivity contribution is -0.140. The Morgan fingerprint density at radius 3 is 2.42 bits per heavy atom. The van der Waals surface area contributed by atoms with Gasteiger partial charge in [-0.1, -0.05) is 36.4 Å². The molecule has 1 aliphatic rings. The van der Waals surface area contributed by atoms with E-state index in [-0.39, 0.29) is 53.4 Å². The van der Waals surface area contributed by atoms with Crippen LogP contribution in [0.2, 0.25) is 0 Å². The number of phenols is 1. The first-order chi connectivity index (χ1) is 21.4. The highest BCUT2D eigenvalue weighted by Crippen LogP contribution is 2.41. The molecule has 45 heavy (non-hydrogen) atoms. The zero-order valence-electron chi connectivity index (χ0n) is 23.4. The molecule has 0 amide bonds. The summed E-state index contributed by atoms with van der Waals surface area (Å²) in [6.07, 6.45) is -2.13. The number of piperazine rings is 1. The fourth-order valence-corrected chi connectivity index (χ4v) is 6.77. The molecule has 1 atom stereocenters. The molecule has 0 aliphatic carbocycles. The molecule has 10 nitrogen and oxygen atoms in total. The molecule has 5 aromatic rings. The van der Waals surface area contributed by atoms with Gasteiger partial charge in [-0.25, -0.2) is 31.8 Å². The molecule has 16 heteroatoms. The van der Waals surface area contributed by atoms with E-state index in [1.807, 2.05) is 35.2 Å². The smallest absolute Gasteiger partial charge is 0.419 e. The zero-order valence-corrected chi connectivity index (χ0v) is 24.3. The number of benzene rings is 2. The SMILES string of the molecule is Cn1nc(-c2cc(C(F)(F)F)c(F)c(O)c2F)c2cnc(N3CCN(S(=O)(=O)c4ccccn4)C[C@H]3Cc3ccccc3)nc21. The van der Waals surface area contributed by atoms with Gasteiger partial charge in [-0.15, -0.1) is 0 Å². The molecular formula is C29H24F5N7O3S. The van der Waals surface area contributed by atoms with E-state index in [1.165, 1.54) is 34.5 Å². The number of aryl methyl sites for hydroxylation is 1. The van der Waals surface area contributed by atoms with Crippen molar-refractivity contribution < 1.29 is 35.5 Å². The summed E-state index contributed by atoms with van der Waals surface area (Å²) in [5.41, 5.74) is -1.91. The summed E-state index contributed by atoms with van der Waals surface area (Å²) in [4.78, 5) is 14.8. The van der Waals surface area contributed by atoms with Crippen LogP contribution < -0.4 is 4.90 Å². The maximum absolute atomic E-state index is 14.9. The maximum atomic E-state index is 14.9. The fraction of sp³-hybridized carbons (Fsp3) is 0.241. The van der Waals surface area contributed by atoms with Crippen LogP contribution in [0.5, 0.6) is 5.75 Å². The standard InChI is InChI=1S/C29H24F5N7O3S/c1-39-27-20(25(38-39)19-14-21(29(32,33)34)24(31)26(42)23(19)30)15-36-28(37-27)41-12-11-40(45(43,44)22-9-5-6-10-35-22)16-18(41)13-17-7-3-2-4-8-17/h2-10,14-15,18,42H,11-13,16H2,1H3/t18-/m1/s1. The lowest BCUT2D eigenvalue weighted by Gasteiger charge is -2.40. The highest BCUT2D eigenvalue weighted by molar-refractivity contribution is 7.89. The van der Waals surface area contributed by atoms with Gasteiger partial charge in [0.05, 0.1) is 10.9 Å². The van der Waals surface area contributed by atoms with Crippen LogP contribution in [0.4, 0.5) is 27.9 Å². The van der Waals surface area contributed by atoms with E-state index in [9.17, 15) is 35.5 Å². The van der Waals surface area contributed by atoms with Crippen molar-refractivity contribution in [2.75, 3.05) is 24.5 Å². The lowest BCUT2D eigenvalue weighted by Crippen LogP contribution is -2.56. The summed E-state index contributed by atoms with van der Waals surface area (Å²) >= 11 is 0. The van der Waals surface area contributed by atoms with Crippen LogP contribution in [-0.2, 0) is 29.7 Å². The van der Waals surface area contributed by atoms with Crippen LogP contribution in [-0.4, -0.2) is 68.2 Å². The quantitative estimate of drug-likeness (QED) is 0.268. The molecule has 1 aliphatic heterocycles. The summed E-state index contributed by atoms with van der Waals surface area (Å²) in [6.45, 7) is 0.351. The Labute approximate surface area is 253 Å². The molecule has 6 rings (SSSR count). The number of rotatable bonds is 6. The Hall–Kier alpha value is -4.70. The first-order valence-corrected chi connectivity index (χ1v) is 15.0. The number of hydrogen-bond donors (Lipinski definition) is 1. The molecule has 4 heterocycles. The molecule has 1 fully saturated rings. The molecule has 2 aromatic carbocycles. The number of sulfonamides is 1. The summed E-state index contributed by atoms with van der Waals surface area (Å²) < 4.78 is 98.8. The first kappa shape index (κ1) is 30.3. The molecule has 0 radical (unpaired) electrons. The van der Waals surface area contributed by atoms with Gasteiger partial charge in [0, 0.05) is 50.7 Å². The second kappa shape index (κ2) is 11.3. The number of pyridine rings is 1. The van der Waals surface area contributed by atoms with Gasteiger partial charge in [0.2, 0.25) is 5.95 Å². The second-order valence-electron chi connectivity index (χ2n) is 10.4. The van der Waals surface area contributed by atoms with Gasteiger partial charge in [0.1, 0.15) is 5.69 Å². The summed E-state index contributed by atoms with van der Waals surface area (Å²) in [6, 6.07) is 13.8. The minimum Gasteiger partial charge on any atom is -0.503 e. The Morgan fingerprint density at radius 2 is 1.73 bits per heavy atom. The Morgan fingerprint density at radius 1 is 1.00 bits per heavy atom. The summed E-state index contributed by atoms with van der Waals surface area (Å²) in [7, 11) is -2.47. The van der Waals surface area contributed by atoms with Gasteiger partial charge in [0.25, 0.3) is 10.0 Å². The van der Waals surface area contributed by atoms with Crippen molar-refractivity contribution in [3.63, 3.8) is 0 Å². The topological polar surface area (TPSA) is 117 Å². The van der Waals surface area contributed by atoms with Gasteiger partial charge in [-0.2, -0.15) is 27.6 Å². The second-order valence-corrected chi connectivity index (χ2v) is 12.3. The van der Waals surface area contributed by atoms with E-state index in [1.54, 1.807) is 12.1 Å². The van der Waals surface area contributed by atoms with Crippen molar-refractivity contribution in [1.29, 1.82) is 0 Å². The van der Waals surface area contributed by atoms with Crippen molar-refractivity contribution in [2.45, 2.75) is 23.7 Å². The zero-order chi connectivity index (χ0) is 32.1. The number of phenolic OH excluding ortho intramolecular Hbond substituents is 1. The molecule has 1 N–H and O–H groups in total. The monoisotopic (exact) mass is 645 g/mol. The van der Waals surface area contributed by atoms with E-state index < -0.39 is 50.8 Å². The van der Waals surface area contributed by atoms with E-state index in [0.29, 0.717) is 6.42 Å². The predicted molar refractivity (Wildman–Crippen MR) is 153 cm³/mol. The van der Waals surface area contributed by atoms with Crippen molar-refractivity contribution in [3.05, 3.63) is 89.8 Å². The van der Waals surface area contributed by atoms with Crippen molar-refractivity contribution in [3.8, 4) is 17.0 Å². The number of aromatic hydroxyl groups is 1. The number of anilines is 1. The van der Waals surface area contributed by atoms with Gasteiger partial charge in [0.15, 0.2) is 28.1 Å². The number of alkyl halides is 3. The Balaban J connectivity index is 1.39. The fourth-order valence-electron chi connectivity index (χ4n) is 5.37. The van der Waals surface area contributed by atoms with Crippen molar-refractivity contribution >= 4 is 27.0 Å². The Bertz CT molecular complexity index is 1990. The molecular weight excluding hydrogens is 621 g/mol. The minimum absolute atomic E-state index is 0.0512. The number of nitrogens with zero attached hydrogens (tertiary/aromatic N) is 7. The number of hydrogen-bond acceptors (Lipinski definition) is 8. The third kappa shape index (κ3) is 5.55. The average molecular weight is 646 g/mol. The normalized spacial score (nSPS) is 16.4. The predicted octanol–water partition coefficient (Wildman–Crippen LogP) is 4.55. The number of aromatic nitrogens is 5. The third-order valence-electron chi connectivity index (χ3n) is 7.56. The van der Waals surface area contributed by atoms with Crippen molar-refractivity contribution in [2.24, 2.45) is 7.05 Å². The lowest BCUT2D eigenvalue weighted by atomic mass is 10.0. The van der Waals surface area contributed by atoms with E-state index >= 15 is 0 Å².